The average Bonchev–Trinajstić information content (AvgIpc) is 3.27. The summed E-state index contributed by atoms with van der Waals surface area (Å²) in [6.07, 6.45) is 7.29. The van der Waals surface area contributed by atoms with Gasteiger partial charge in [-0.25, -0.2) is 4.98 Å². The van der Waals surface area contributed by atoms with E-state index in [0.717, 1.165) is 56.2 Å². The van der Waals surface area contributed by atoms with Crippen molar-refractivity contribution in [1.82, 2.24) is 14.9 Å². The summed E-state index contributed by atoms with van der Waals surface area (Å²) >= 11 is 6.00. The molecule has 1 fully saturated rings. The first kappa shape index (κ1) is 20.1. The maximum atomic E-state index is 13.0. The molecule has 2 aromatic rings. The summed E-state index contributed by atoms with van der Waals surface area (Å²) in [5.74, 6) is 1.03. The number of aromatic nitrogens is 2. The zero-order valence-corrected chi connectivity index (χ0v) is 17.7. The second kappa shape index (κ2) is 8.70. The molecular formula is C23H28ClN3O2. The second-order valence-corrected chi connectivity index (χ2v) is 8.76. The quantitative estimate of drug-likeness (QED) is 0.758. The van der Waals surface area contributed by atoms with Gasteiger partial charge in [0.15, 0.2) is 0 Å². The highest BCUT2D eigenvalue weighted by Crippen LogP contribution is 2.33. The summed E-state index contributed by atoms with van der Waals surface area (Å²) < 4.78 is 0. The van der Waals surface area contributed by atoms with Crippen molar-refractivity contribution >= 4 is 17.5 Å². The lowest BCUT2D eigenvalue weighted by atomic mass is 9.89. The summed E-state index contributed by atoms with van der Waals surface area (Å²) in [7, 11) is 0. The van der Waals surface area contributed by atoms with Crippen molar-refractivity contribution < 1.29 is 4.79 Å². The summed E-state index contributed by atoms with van der Waals surface area (Å²) in [5, 5.41) is 0.649. The molecule has 0 radical (unpaired) electrons. The molecule has 1 aliphatic carbocycles. The van der Waals surface area contributed by atoms with Crippen molar-refractivity contribution in [2.75, 3.05) is 6.54 Å². The Kier molecular flexibility index (Phi) is 6.04. The van der Waals surface area contributed by atoms with Gasteiger partial charge in [-0.1, -0.05) is 44.2 Å². The molecule has 0 spiro atoms. The third-order valence-corrected chi connectivity index (χ3v) is 6.52. The van der Waals surface area contributed by atoms with Crippen molar-refractivity contribution in [1.29, 1.82) is 0 Å². The number of amides is 1. The summed E-state index contributed by atoms with van der Waals surface area (Å²) in [4.78, 5) is 35.7. The van der Waals surface area contributed by atoms with E-state index in [1.165, 1.54) is 0 Å². The Morgan fingerprint density at radius 3 is 2.66 bits per heavy atom. The fourth-order valence-corrected chi connectivity index (χ4v) is 4.76. The first-order chi connectivity index (χ1) is 14.1. The van der Waals surface area contributed by atoms with E-state index in [1.54, 1.807) is 12.1 Å². The number of nitrogens with zero attached hydrogens (tertiary/aromatic N) is 2. The molecule has 1 aromatic carbocycles. The molecule has 1 unspecified atom stereocenters. The largest absolute Gasteiger partial charge is 0.337 e. The van der Waals surface area contributed by atoms with Crippen molar-refractivity contribution in [2.45, 2.75) is 64.3 Å². The van der Waals surface area contributed by atoms with Crippen LogP contribution in [0.2, 0.25) is 5.02 Å². The zero-order chi connectivity index (χ0) is 20.4. The molecule has 4 rings (SSSR count). The molecule has 1 atom stereocenters. The Bertz CT molecular complexity index is 932. The van der Waals surface area contributed by atoms with Crippen LogP contribution in [0.3, 0.4) is 0 Å². The van der Waals surface area contributed by atoms with E-state index in [9.17, 15) is 9.59 Å². The molecule has 1 aromatic heterocycles. The van der Waals surface area contributed by atoms with Crippen LogP contribution in [0.4, 0.5) is 0 Å². The SMILES string of the molecule is CCCCC1CN(C(=O)C2CCCC2)Cc2c1nc(-c1ccc(Cl)cc1)[nH]c2=O. The lowest BCUT2D eigenvalue weighted by molar-refractivity contribution is -0.136. The van der Waals surface area contributed by atoms with Crippen molar-refractivity contribution in [2.24, 2.45) is 5.92 Å². The van der Waals surface area contributed by atoms with Gasteiger partial charge in [0.2, 0.25) is 5.91 Å². The molecule has 2 heterocycles. The Morgan fingerprint density at radius 1 is 1.24 bits per heavy atom. The van der Waals surface area contributed by atoms with Gasteiger partial charge in [0, 0.05) is 29.0 Å². The van der Waals surface area contributed by atoms with E-state index >= 15 is 0 Å². The Morgan fingerprint density at radius 2 is 1.97 bits per heavy atom. The number of fused-ring (bicyclic) bond motifs is 1. The zero-order valence-electron chi connectivity index (χ0n) is 16.9. The van der Waals surface area contributed by atoms with Gasteiger partial charge in [0.25, 0.3) is 5.56 Å². The maximum absolute atomic E-state index is 13.0. The van der Waals surface area contributed by atoms with Crippen LogP contribution in [-0.2, 0) is 11.3 Å². The van der Waals surface area contributed by atoms with Gasteiger partial charge in [0.05, 0.1) is 17.8 Å². The molecule has 2 aliphatic rings. The summed E-state index contributed by atoms with van der Waals surface area (Å²) in [6.45, 7) is 3.20. The molecule has 0 saturated heterocycles. The van der Waals surface area contributed by atoms with Crippen LogP contribution in [0.15, 0.2) is 29.1 Å². The number of aromatic amines is 1. The highest BCUT2D eigenvalue weighted by molar-refractivity contribution is 6.30. The van der Waals surface area contributed by atoms with Crippen LogP contribution in [0, 0.1) is 5.92 Å². The van der Waals surface area contributed by atoms with E-state index in [0.29, 0.717) is 29.5 Å². The molecule has 154 valence electrons. The van der Waals surface area contributed by atoms with Gasteiger partial charge in [-0.15, -0.1) is 0 Å². The van der Waals surface area contributed by atoms with Crippen LogP contribution in [-0.4, -0.2) is 27.3 Å². The Labute approximate surface area is 176 Å². The van der Waals surface area contributed by atoms with Gasteiger partial charge in [0.1, 0.15) is 5.82 Å². The van der Waals surface area contributed by atoms with Gasteiger partial charge in [-0.05, 0) is 43.5 Å². The van der Waals surface area contributed by atoms with Crippen molar-refractivity contribution in [3.8, 4) is 11.4 Å². The van der Waals surface area contributed by atoms with E-state index in [4.69, 9.17) is 16.6 Å². The predicted molar refractivity (Wildman–Crippen MR) is 115 cm³/mol. The lowest BCUT2D eigenvalue weighted by Crippen LogP contribution is -2.43. The van der Waals surface area contributed by atoms with Gasteiger partial charge in [-0.3, -0.25) is 9.59 Å². The molecule has 5 nitrogen and oxygen atoms in total. The molecule has 1 aliphatic heterocycles. The van der Waals surface area contributed by atoms with Crippen LogP contribution in [0.5, 0.6) is 0 Å². The Hall–Kier alpha value is -2.14. The highest BCUT2D eigenvalue weighted by Gasteiger charge is 2.35. The minimum atomic E-state index is -0.134. The van der Waals surface area contributed by atoms with Crippen LogP contribution in [0.1, 0.15) is 69.0 Å². The number of halogens is 1. The standard InChI is InChI=1S/C23H28ClN3O2/c1-2-3-6-17-13-27(23(29)16-7-4-5-8-16)14-19-20(17)25-21(26-22(19)28)15-9-11-18(24)12-10-15/h9-12,16-17H,2-8,13-14H2,1H3,(H,25,26,28). The number of benzene rings is 1. The Balaban J connectivity index is 1.69. The minimum absolute atomic E-state index is 0.109. The van der Waals surface area contributed by atoms with E-state index < -0.39 is 0 Å². The minimum Gasteiger partial charge on any atom is -0.337 e. The number of unbranched alkanes of at least 4 members (excludes halogenated alkanes) is 1. The number of H-pyrrole nitrogens is 1. The van der Waals surface area contributed by atoms with E-state index in [-0.39, 0.29) is 23.3 Å². The number of rotatable bonds is 5. The van der Waals surface area contributed by atoms with Crippen LogP contribution in [0.25, 0.3) is 11.4 Å². The van der Waals surface area contributed by atoms with Crippen LogP contribution >= 0.6 is 11.6 Å². The molecular weight excluding hydrogens is 386 g/mol. The number of hydrogen-bond donors (Lipinski definition) is 1. The van der Waals surface area contributed by atoms with E-state index in [1.807, 2.05) is 17.0 Å². The topological polar surface area (TPSA) is 66.1 Å². The van der Waals surface area contributed by atoms with Crippen molar-refractivity contribution in [3.05, 3.63) is 50.9 Å². The lowest BCUT2D eigenvalue weighted by Gasteiger charge is -2.35. The molecule has 0 bridgehead atoms. The first-order valence-electron chi connectivity index (χ1n) is 10.7. The molecule has 6 heteroatoms. The first-order valence-corrected chi connectivity index (χ1v) is 11.1. The normalized spacial score (nSPS) is 19.4. The van der Waals surface area contributed by atoms with Gasteiger partial charge >= 0.3 is 0 Å². The maximum Gasteiger partial charge on any atom is 0.256 e. The third-order valence-electron chi connectivity index (χ3n) is 6.26. The predicted octanol–water partition coefficient (Wildman–Crippen LogP) is 4.90. The average molecular weight is 414 g/mol. The van der Waals surface area contributed by atoms with E-state index in [2.05, 4.69) is 11.9 Å². The number of nitrogens with one attached hydrogen (secondary N) is 1. The highest BCUT2D eigenvalue weighted by atomic mass is 35.5. The molecule has 1 N–H and O–H groups in total. The van der Waals surface area contributed by atoms with Gasteiger partial charge < -0.3 is 9.88 Å². The molecule has 1 saturated carbocycles. The third kappa shape index (κ3) is 4.25. The second-order valence-electron chi connectivity index (χ2n) is 8.32. The number of hydrogen-bond acceptors (Lipinski definition) is 3. The summed E-state index contributed by atoms with van der Waals surface area (Å²) in [5.41, 5.74) is 2.22. The monoisotopic (exact) mass is 413 g/mol. The number of carbonyl (C=O) groups is 1. The smallest absolute Gasteiger partial charge is 0.256 e. The summed E-state index contributed by atoms with van der Waals surface area (Å²) in [6, 6.07) is 7.33. The van der Waals surface area contributed by atoms with Crippen LogP contribution < -0.4 is 5.56 Å². The fraction of sp³-hybridized carbons (Fsp3) is 0.522. The molecule has 29 heavy (non-hydrogen) atoms. The number of carbonyl (C=O) groups excluding carboxylic acids is 1. The molecule has 1 amide bonds. The van der Waals surface area contributed by atoms with Gasteiger partial charge in [-0.2, -0.15) is 0 Å². The van der Waals surface area contributed by atoms with Crippen molar-refractivity contribution in [3.63, 3.8) is 0 Å². The fourth-order valence-electron chi connectivity index (χ4n) is 4.64.